The molecule has 1 saturated heterocycles. The molecule has 0 amide bonds. The van der Waals surface area contributed by atoms with Crippen LogP contribution in [0.15, 0.2) is 0 Å². The second-order valence-electron chi connectivity index (χ2n) is 5.01. The van der Waals surface area contributed by atoms with E-state index < -0.39 is 10.0 Å². The summed E-state index contributed by atoms with van der Waals surface area (Å²) >= 11 is 0. The van der Waals surface area contributed by atoms with Crippen LogP contribution in [-0.4, -0.2) is 38.1 Å². The summed E-state index contributed by atoms with van der Waals surface area (Å²) in [5, 5.41) is 0. The van der Waals surface area contributed by atoms with Crippen molar-refractivity contribution in [2.75, 3.05) is 19.3 Å². The van der Waals surface area contributed by atoms with E-state index in [1.54, 1.807) is 4.31 Å². The van der Waals surface area contributed by atoms with Gasteiger partial charge in [-0.2, -0.15) is 0 Å². The van der Waals surface area contributed by atoms with Crippen LogP contribution in [0.3, 0.4) is 0 Å². The second-order valence-corrected chi connectivity index (χ2v) is 7.00. The molecule has 0 radical (unpaired) electrons. The van der Waals surface area contributed by atoms with Crippen molar-refractivity contribution in [1.82, 2.24) is 4.31 Å². The van der Waals surface area contributed by atoms with Crippen molar-refractivity contribution in [2.45, 2.75) is 32.7 Å². The molecule has 1 aliphatic heterocycles. The van der Waals surface area contributed by atoms with Crippen LogP contribution < -0.4 is 5.73 Å². The van der Waals surface area contributed by atoms with Gasteiger partial charge in [0.2, 0.25) is 10.0 Å². The minimum absolute atomic E-state index is 0.0149. The zero-order chi connectivity index (χ0) is 11.0. The van der Waals surface area contributed by atoms with Gasteiger partial charge in [0, 0.05) is 19.1 Å². The third kappa shape index (κ3) is 3.22. The highest BCUT2D eigenvalue weighted by molar-refractivity contribution is 7.88. The Morgan fingerprint density at radius 1 is 1.43 bits per heavy atom. The fourth-order valence-electron chi connectivity index (χ4n) is 2.03. The standard InChI is InChI=1S/C9H20N2O2S/c1-9(2)6-8(10)4-5-11(7-9)14(3,12)13/h8H,4-7,10H2,1-3H3. The molecule has 1 unspecified atom stereocenters. The molecular formula is C9H20N2O2S. The second kappa shape index (κ2) is 3.79. The van der Waals surface area contributed by atoms with Crippen LogP contribution in [0, 0.1) is 5.41 Å². The van der Waals surface area contributed by atoms with Crippen LogP contribution in [0.2, 0.25) is 0 Å². The largest absolute Gasteiger partial charge is 0.328 e. The van der Waals surface area contributed by atoms with E-state index in [0.717, 1.165) is 12.8 Å². The van der Waals surface area contributed by atoms with E-state index in [1.807, 2.05) is 0 Å². The molecular weight excluding hydrogens is 200 g/mol. The zero-order valence-corrected chi connectivity index (χ0v) is 9.97. The highest BCUT2D eigenvalue weighted by Gasteiger charge is 2.31. The molecule has 1 aliphatic rings. The van der Waals surface area contributed by atoms with Crippen molar-refractivity contribution in [3.05, 3.63) is 0 Å². The van der Waals surface area contributed by atoms with Gasteiger partial charge in [-0.05, 0) is 18.3 Å². The first kappa shape index (κ1) is 11.9. The average Bonchev–Trinajstić information content (AvgIpc) is 2.05. The van der Waals surface area contributed by atoms with Crippen LogP contribution in [0.5, 0.6) is 0 Å². The summed E-state index contributed by atoms with van der Waals surface area (Å²) in [5.74, 6) is 0. The summed E-state index contributed by atoms with van der Waals surface area (Å²) in [6, 6.07) is 0.122. The zero-order valence-electron chi connectivity index (χ0n) is 9.16. The van der Waals surface area contributed by atoms with Crippen molar-refractivity contribution in [1.29, 1.82) is 0 Å². The summed E-state index contributed by atoms with van der Waals surface area (Å²) in [5.41, 5.74) is 5.88. The molecule has 1 fully saturated rings. The monoisotopic (exact) mass is 220 g/mol. The van der Waals surface area contributed by atoms with Gasteiger partial charge in [0.05, 0.1) is 6.26 Å². The van der Waals surface area contributed by atoms with E-state index in [1.165, 1.54) is 6.26 Å². The number of hydrogen-bond acceptors (Lipinski definition) is 3. The van der Waals surface area contributed by atoms with E-state index in [2.05, 4.69) is 13.8 Å². The fourth-order valence-corrected chi connectivity index (χ4v) is 3.05. The molecule has 0 saturated carbocycles. The molecule has 0 aromatic rings. The first-order chi connectivity index (χ1) is 6.21. The topological polar surface area (TPSA) is 63.4 Å². The van der Waals surface area contributed by atoms with Gasteiger partial charge >= 0.3 is 0 Å². The molecule has 4 nitrogen and oxygen atoms in total. The molecule has 0 spiro atoms. The first-order valence-corrected chi connectivity index (χ1v) is 6.76. The average molecular weight is 220 g/mol. The predicted molar refractivity (Wildman–Crippen MR) is 57.4 cm³/mol. The van der Waals surface area contributed by atoms with E-state index in [9.17, 15) is 8.42 Å². The van der Waals surface area contributed by atoms with E-state index in [0.29, 0.717) is 13.1 Å². The number of nitrogens with two attached hydrogens (primary N) is 1. The van der Waals surface area contributed by atoms with Gasteiger partial charge in [-0.3, -0.25) is 0 Å². The highest BCUT2D eigenvalue weighted by atomic mass is 32.2. The smallest absolute Gasteiger partial charge is 0.211 e. The maximum Gasteiger partial charge on any atom is 0.211 e. The quantitative estimate of drug-likeness (QED) is 0.695. The summed E-state index contributed by atoms with van der Waals surface area (Å²) < 4.78 is 24.4. The molecule has 2 N–H and O–H groups in total. The Labute approximate surface area is 86.5 Å². The lowest BCUT2D eigenvalue weighted by atomic mass is 9.86. The molecule has 1 atom stereocenters. The van der Waals surface area contributed by atoms with Gasteiger partial charge in [-0.25, -0.2) is 12.7 Å². The number of hydrogen-bond donors (Lipinski definition) is 1. The Morgan fingerprint density at radius 3 is 2.50 bits per heavy atom. The summed E-state index contributed by atoms with van der Waals surface area (Å²) in [6.45, 7) is 5.27. The Balaban J connectivity index is 2.83. The lowest BCUT2D eigenvalue weighted by Gasteiger charge is -2.28. The Kier molecular flexibility index (Phi) is 3.23. The summed E-state index contributed by atoms with van der Waals surface area (Å²) in [4.78, 5) is 0. The number of sulfonamides is 1. The lowest BCUT2D eigenvalue weighted by molar-refractivity contribution is 0.268. The number of nitrogens with zero attached hydrogens (tertiary/aromatic N) is 1. The molecule has 0 aromatic heterocycles. The molecule has 0 aliphatic carbocycles. The van der Waals surface area contributed by atoms with Crippen LogP contribution in [-0.2, 0) is 10.0 Å². The third-order valence-electron chi connectivity index (χ3n) is 2.64. The molecule has 1 rings (SSSR count). The van der Waals surface area contributed by atoms with Crippen molar-refractivity contribution >= 4 is 10.0 Å². The van der Waals surface area contributed by atoms with Crippen LogP contribution in [0.25, 0.3) is 0 Å². The Morgan fingerprint density at radius 2 is 2.00 bits per heavy atom. The van der Waals surface area contributed by atoms with Crippen molar-refractivity contribution < 1.29 is 8.42 Å². The van der Waals surface area contributed by atoms with Gasteiger partial charge in [0.25, 0.3) is 0 Å². The molecule has 0 bridgehead atoms. The minimum Gasteiger partial charge on any atom is -0.328 e. The van der Waals surface area contributed by atoms with Crippen molar-refractivity contribution in [2.24, 2.45) is 11.1 Å². The highest BCUT2D eigenvalue weighted by Crippen LogP contribution is 2.28. The van der Waals surface area contributed by atoms with Crippen molar-refractivity contribution in [3.63, 3.8) is 0 Å². The van der Waals surface area contributed by atoms with Crippen molar-refractivity contribution in [3.8, 4) is 0 Å². The molecule has 5 heteroatoms. The van der Waals surface area contributed by atoms with Crippen LogP contribution >= 0.6 is 0 Å². The van der Waals surface area contributed by atoms with Gasteiger partial charge < -0.3 is 5.73 Å². The van der Waals surface area contributed by atoms with Crippen LogP contribution in [0.4, 0.5) is 0 Å². The van der Waals surface area contributed by atoms with Gasteiger partial charge in [-0.1, -0.05) is 13.8 Å². The molecule has 84 valence electrons. The predicted octanol–water partition coefficient (Wildman–Crippen LogP) is 0.395. The molecule has 0 aromatic carbocycles. The molecule has 1 heterocycles. The molecule has 14 heavy (non-hydrogen) atoms. The lowest BCUT2D eigenvalue weighted by Crippen LogP contribution is -2.36. The SMILES string of the molecule is CC1(C)CC(N)CCN(S(C)(=O)=O)C1. The maximum absolute atomic E-state index is 11.4. The van der Waals surface area contributed by atoms with E-state index >= 15 is 0 Å². The maximum atomic E-state index is 11.4. The van der Waals surface area contributed by atoms with E-state index in [-0.39, 0.29) is 11.5 Å². The van der Waals surface area contributed by atoms with Gasteiger partial charge in [0.15, 0.2) is 0 Å². The van der Waals surface area contributed by atoms with Gasteiger partial charge in [-0.15, -0.1) is 0 Å². The first-order valence-electron chi connectivity index (χ1n) is 4.91. The van der Waals surface area contributed by atoms with Crippen LogP contribution in [0.1, 0.15) is 26.7 Å². The Bertz CT molecular complexity index is 298. The number of rotatable bonds is 1. The summed E-state index contributed by atoms with van der Waals surface area (Å²) in [6.07, 6.45) is 2.91. The third-order valence-corrected chi connectivity index (χ3v) is 3.89. The minimum atomic E-state index is -3.07. The Hall–Kier alpha value is -0.130. The summed E-state index contributed by atoms with van der Waals surface area (Å²) in [7, 11) is -3.07. The fraction of sp³-hybridized carbons (Fsp3) is 1.00. The van der Waals surface area contributed by atoms with E-state index in [4.69, 9.17) is 5.73 Å². The van der Waals surface area contributed by atoms with Gasteiger partial charge in [0.1, 0.15) is 0 Å². The normalized spacial score (nSPS) is 29.9.